The molecule has 0 radical (unpaired) electrons. The molecule has 0 spiro atoms. The van der Waals surface area contributed by atoms with Gasteiger partial charge < -0.3 is 0 Å². The fraction of sp³-hybridized carbons (Fsp3) is 1.00. The van der Waals surface area contributed by atoms with Crippen molar-refractivity contribution in [3.63, 3.8) is 0 Å². The van der Waals surface area contributed by atoms with Crippen LogP contribution in [0.25, 0.3) is 0 Å². The average molecular weight is 212 g/mol. The molecule has 0 aliphatic heterocycles. The Bertz CT molecular complexity index is 157. The first-order valence-electron chi connectivity index (χ1n) is 6.82. The van der Waals surface area contributed by atoms with Gasteiger partial charge in [-0.2, -0.15) is 0 Å². The predicted octanol–water partition coefficient (Wildman–Crippen LogP) is 5.23. The van der Waals surface area contributed by atoms with E-state index in [4.69, 9.17) is 0 Å². The van der Waals surface area contributed by atoms with E-state index >= 15 is 0 Å². The highest BCUT2D eigenvalue weighted by Crippen LogP contribution is 2.35. The molecule has 0 fully saturated rings. The lowest BCUT2D eigenvalue weighted by Gasteiger charge is -2.35. The quantitative estimate of drug-likeness (QED) is 0.565. The van der Waals surface area contributed by atoms with Crippen molar-refractivity contribution >= 4 is 0 Å². The second-order valence-corrected chi connectivity index (χ2v) is 6.14. The Kier molecular flexibility index (Phi) is 6.55. The number of hydrogen-bond donors (Lipinski definition) is 0. The minimum absolute atomic E-state index is 0.812. The van der Waals surface area contributed by atoms with Gasteiger partial charge in [0.25, 0.3) is 0 Å². The number of hydrogen-bond acceptors (Lipinski definition) is 0. The van der Waals surface area contributed by atoms with Gasteiger partial charge in [-0.05, 0) is 35.5 Å². The summed E-state index contributed by atoms with van der Waals surface area (Å²) in [6, 6.07) is 0. The zero-order valence-electron chi connectivity index (χ0n) is 12.2. The van der Waals surface area contributed by atoms with E-state index in [1.54, 1.807) is 0 Å². The predicted molar refractivity (Wildman–Crippen MR) is 70.9 cm³/mol. The van der Waals surface area contributed by atoms with E-state index in [2.05, 4.69) is 55.4 Å². The first-order chi connectivity index (χ1) is 6.82. The van der Waals surface area contributed by atoms with Crippen molar-refractivity contribution in [1.82, 2.24) is 0 Å². The maximum absolute atomic E-state index is 2.46. The van der Waals surface area contributed by atoms with E-state index in [9.17, 15) is 0 Å². The lowest BCUT2D eigenvalue weighted by Crippen LogP contribution is -2.28. The fourth-order valence-electron chi connectivity index (χ4n) is 2.93. The van der Waals surface area contributed by atoms with Crippen molar-refractivity contribution < 1.29 is 0 Å². The first kappa shape index (κ1) is 15.0. The van der Waals surface area contributed by atoms with Gasteiger partial charge >= 0.3 is 0 Å². The van der Waals surface area contributed by atoms with Crippen LogP contribution in [-0.2, 0) is 0 Å². The Hall–Kier alpha value is 0. The SMILES string of the molecule is CCC(C(C)C)C(C)C(C)C(C)C(C)C. The second-order valence-electron chi connectivity index (χ2n) is 6.14. The third kappa shape index (κ3) is 4.17. The molecule has 0 aromatic rings. The van der Waals surface area contributed by atoms with Crippen LogP contribution in [0.1, 0.15) is 61.8 Å². The molecule has 0 nitrogen and oxygen atoms in total. The van der Waals surface area contributed by atoms with E-state index in [0.29, 0.717) is 0 Å². The molecule has 0 rings (SSSR count). The third-order valence-electron chi connectivity index (χ3n) is 4.71. The van der Waals surface area contributed by atoms with Crippen LogP contribution in [0.4, 0.5) is 0 Å². The number of rotatable bonds is 6. The molecule has 0 bridgehead atoms. The molecule has 15 heavy (non-hydrogen) atoms. The van der Waals surface area contributed by atoms with Gasteiger partial charge in [-0.25, -0.2) is 0 Å². The van der Waals surface area contributed by atoms with Gasteiger partial charge in [0.2, 0.25) is 0 Å². The van der Waals surface area contributed by atoms with Crippen molar-refractivity contribution in [2.75, 3.05) is 0 Å². The summed E-state index contributed by atoms with van der Waals surface area (Å²) in [5.74, 6) is 5.07. The van der Waals surface area contributed by atoms with Gasteiger partial charge in [0.1, 0.15) is 0 Å². The molecule has 0 aliphatic rings. The third-order valence-corrected chi connectivity index (χ3v) is 4.71. The molecule has 0 saturated carbocycles. The van der Waals surface area contributed by atoms with Crippen LogP contribution in [0.2, 0.25) is 0 Å². The maximum atomic E-state index is 2.46. The molecule has 0 heterocycles. The van der Waals surface area contributed by atoms with Crippen LogP contribution < -0.4 is 0 Å². The summed E-state index contributed by atoms with van der Waals surface area (Å²) >= 11 is 0. The fourth-order valence-corrected chi connectivity index (χ4v) is 2.93. The van der Waals surface area contributed by atoms with Crippen LogP contribution >= 0.6 is 0 Å². The Balaban J connectivity index is 4.46. The molecule has 4 atom stereocenters. The van der Waals surface area contributed by atoms with Crippen LogP contribution in [-0.4, -0.2) is 0 Å². The molecular weight excluding hydrogens is 180 g/mol. The molecule has 0 amide bonds. The monoisotopic (exact) mass is 212 g/mol. The largest absolute Gasteiger partial charge is 0.0651 e. The van der Waals surface area contributed by atoms with E-state index < -0.39 is 0 Å². The van der Waals surface area contributed by atoms with E-state index in [1.165, 1.54) is 6.42 Å². The summed E-state index contributed by atoms with van der Waals surface area (Å²) in [5.41, 5.74) is 0. The highest BCUT2D eigenvalue weighted by molar-refractivity contribution is 4.77. The van der Waals surface area contributed by atoms with E-state index in [0.717, 1.165) is 35.5 Å². The molecule has 0 aromatic heterocycles. The topological polar surface area (TPSA) is 0 Å². The maximum Gasteiger partial charge on any atom is -0.0365 e. The molecule has 0 heteroatoms. The van der Waals surface area contributed by atoms with Crippen LogP contribution in [0.5, 0.6) is 0 Å². The Labute approximate surface area is 97.8 Å². The van der Waals surface area contributed by atoms with Gasteiger partial charge in [0, 0.05) is 0 Å². The molecule has 0 aromatic carbocycles. The summed E-state index contributed by atoms with van der Waals surface area (Å²) in [6.45, 7) is 19.1. The highest BCUT2D eigenvalue weighted by atomic mass is 14.3. The normalized spacial score (nSPS) is 20.4. The lowest BCUT2D eigenvalue weighted by atomic mass is 9.70. The minimum Gasteiger partial charge on any atom is -0.0651 e. The smallest absolute Gasteiger partial charge is 0.0365 e. The Morgan fingerprint density at radius 3 is 1.33 bits per heavy atom. The molecule has 92 valence electrons. The van der Waals surface area contributed by atoms with Crippen molar-refractivity contribution in [2.45, 2.75) is 61.8 Å². The molecule has 4 unspecified atom stereocenters. The molecule has 0 aliphatic carbocycles. The van der Waals surface area contributed by atoms with Crippen molar-refractivity contribution in [3.05, 3.63) is 0 Å². The standard InChI is InChI=1S/C15H32/c1-9-15(11(4)5)14(8)13(7)12(6)10(2)3/h10-15H,9H2,1-8H3. The van der Waals surface area contributed by atoms with Gasteiger partial charge in [-0.1, -0.05) is 61.8 Å². The second kappa shape index (κ2) is 6.55. The van der Waals surface area contributed by atoms with E-state index in [1.807, 2.05) is 0 Å². The van der Waals surface area contributed by atoms with Crippen LogP contribution in [0.3, 0.4) is 0 Å². The van der Waals surface area contributed by atoms with Gasteiger partial charge in [-0.15, -0.1) is 0 Å². The molecule has 0 saturated heterocycles. The summed E-state index contributed by atoms with van der Waals surface area (Å²) < 4.78 is 0. The molecule has 0 N–H and O–H groups in total. The first-order valence-corrected chi connectivity index (χ1v) is 6.82. The summed E-state index contributed by atoms with van der Waals surface area (Å²) in [5, 5.41) is 0. The van der Waals surface area contributed by atoms with Gasteiger partial charge in [-0.3, -0.25) is 0 Å². The minimum atomic E-state index is 0.812. The summed E-state index contributed by atoms with van der Waals surface area (Å²) in [6.07, 6.45) is 1.33. The molecular formula is C15H32. The summed E-state index contributed by atoms with van der Waals surface area (Å²) in [7, 11) is 0. The Morgan fingerprint density at radius 1 is 0.600 bits per heavy atom. The van der Waals surface area contributed by atoms with Crippen LogP contribution in [0, 0.1) is 35.5 Å². The van der Waals surface area contributed by atoms with Crippen LogP contribution in [0.15, 0.2) is 0 Å². The van der Waals surface area contributed by atoms with E-state index in [-0.39, 0.29) is 0 Å². The van der Waals surface area contributed by atoms with Gasteiger partial charge in [0.05, 0.1) is 0 Å². The lowest BCUT2D eigenvalue weighted by molar-refractivity contribution is 0.136. The average Bonchev–Trinajstić information content (AvgIpc) is 2.15. The highest BCUT2D eigenvalue weighted by Gasteiger charge is 2.28. The zero-order valence-corrected chi connectivity index (χ0v) is 12.2. The van der Waals surface area contributed by atoms with Gasteiger partial charge in [0.15, 0.2) is 0 Å². The van der Waals surface area contributed by atoms with Crippen molar-refractivity contribution in [3.8, 4) is 0 Å². The van der Waals surface area contributed by atoms with Crippen molar-refractivity contribution in [2.24, 2.45) is 35.5 Å². The summed E-state index contributed by atoms with van der Waals surface area (Å²) in [4.78, 5) is 0. The zero-order chi connectivity index (χ0) is 12.2. The van der Waals surface area contributed by atoms with Crippen molar-refractivity contribution in [1.29, 1.82) is 0 Å². The Morgan fingerprint density at radius 2 is 1.07 bits per heavy atom.